The fraction of sp³-hybridized carbons (Fsp3) is 0.571. The smallest absolute Gasteiger partial charge is 0.254 e. The number of rotatable bonds is 5. The summed E-state index contributed by atoms with van der Waals surface area (Å²) in [4.78, 5) is 18.6. The van der Waals surface area contributed by atoms with Crippen molar-refractivity contribution in [1.29, 1.82) is 0 Å². The molecule has 1 aliphatic rings. The highest BCUT2D eigenvalue weighted by Gasteiger charge is 2.36. The largest absolute Gasteiger partial charge is 0.377 e. The monoisotopic (exact) mass is 294 g/mol. The summed E-state index contributed by atoms with van der Waals surface area (Å²) in [5.74, 6) is 5.83. The van der Waals surface area contributed by atoms with Gasteiger partial charge in [-0.25, -0.2) is 10.8 Å². The van der Waals surface area contributed by atoms with E-state index in [9.17, 15) is 4.79 Å². The average molecular weight is 294 g/mol. The lowest BCUT2D eigenvalue weighted by atomic mass is 10.1. The van der Waals surface area contributed by atoms with E-state index in [1.165, 1.54) is 0 Å². The number of aromatic nitrogens is 1. The van der Waals surface area contributed by atoms with Crippen LogP contribution in [0.4, 0.5) is 5.82 Å². The zero-order valence-electron chi connectivity index (χ0n) is 12.6. The second-order valence-corrected chi connectivity index (χ2v) is 4.99. The van der Waals surface area contributed by atoms with Crippen molar-refractivity contribution in [2.45, 2.75) is 25.6 Å². The molecule has 3 N–H and O–H groups in total. The van der Waals surface area contributed by atoms with Crippen LogP contribution >= 0.6 is 0 Å². The molecule has 7 heteroatoms. The Morgan fingerprint density at radius 1 is 1.38 bits per heavy atom. The fourth-order valence-corrected chi connectivity index (χ4v) is 2.51. The second-order valence-electron chi connectivity index (χ2n) is 4.99. The van der Waals surface area contributed by atoms with E-state index in [2.05, 4.69) is 10.4 Å². The molecule has 0 spiro atoms. The summed E-state index contributed by atoms with van der Waals surface area (Å²) in [7, 11) is 3.26. The molecule has 1 saturated heterocycles. The third kappa shape index (κ3) is 3.31. The van der Waals surface area contributed by atoms with E-state index in [0.29, 0.717) is 24.5 Å². The van der Waals surface area contributed by atoms with Gasteiger partial charge in [0.15, 0.2) is 0 Å². The molecule has 2 heterocycles. The van der Waals surface area contributed by atoms with Gasteiger partial charge in [-0.15, -0.1) is 0 Å². The van der Waals surface area contributed by atoms with Crippen molar-refractivity contribution in [2.75, 3.05) is 32.7 Å². The van der Waals surface area contributed by atoms with Crippen LogP contribution in [0.2, 0.25) is 0 Å². The molecule has 2 atom stereocenters. The summed E-state index contributed by atoms with van der Waals surface area (Å²) in [6.45, 7) is 3.01. The summed E-state index contributed by atoms with van der Waals surface area (Å²) < 4.78 is 10.7. The number of carbonyl (C=O) groups is 1. The van der Waals surface area contributed by atoms with Crippen LogP contribution in [0.15, 0.2) is 12.1 Å². The molecule has 1 aromatic rings. The molecular formula is C14H22N4O3. The number of anilines is 1. The lowest BCUT2D eigenvalue weighted by molar-refractivity contribution is -0.00461. The first-order valence-corrected chi connectivity index (χ1v) is 6.95. The van der Waals surface area contributed by atoms with Gasteiger partial charge in [-0.05, 0) is 18.6 Å². The molecule has 1 aromatic heterocycles. The van der Waals surface area contributed by atoms with Gasteiger partial charge in [-0.2, -0.15) is 0 Å². The van der Waals surface area contributed by atoms with Gasteiger partial charge < -0.3 is 19.8 Å². The summed E-state index contributed by atoms with van der Waals surface area (Å²) in [5, 5.41) is 0. The number of methoxy groups -OCH3 is 2. The second kappa shape index (κ2) is 6.84. The zero-order valence-corrected chi connectivity index (χ0v) is 12.6. The van der Waals surface area contributed by atoms with Crippen molar-refractivity contribution in [3.05, 3.63) is 23.4 Å². The molecular weight excluding hydrogens is 272 g/mol. The number of ether oxygens (including phenoxy) is 2. The lowest BCUT2D eigenvalue weighted by Gasteiger charge is -2.16. The van der Waals surface area contributed by atoms with Crippen LogP contribution in [-0.2, 0) is 15.9 Å². The van der Waals surface area contributed by atoms with Crippen molar-refractivity contribution in [3.8, 4) is 0 Å². The highest BCUT2D eigenvalue weighted by Crippen LogP contribution is 2.20. The van der Waals surface area contributed by atoms with E-state index < -0.39 is 0 Å². The lowest BCUT2D eigenvalue weighted by Crippen LogP contribution is -2.30. The maximum Gasteiger partial charge on any atom is 0.254 e. The number of hydrogen-bond donors (Lipinski definition) is 2. The van der Waals surface area contributed by atoms with E-state index in [1.54, 1.807) is 31.3 Å². The average Bonchev–Trinajstić information content (AvgIpc) is 2.96. The highest BCUT2D eigenvalue weighted by atomic mass is 16.5. The first-order chi connectivity index (χ1) is 10.1. The standard InChI is InChI=1S/C14H22N4O3/c1-4-10-5-9(6-13(16-10)17-15)14(19)18-7-11(20-2)12(8-18)21-3/h5-6,11-12H,4,7-8,15H2,1-3H3,(H,16,17). The number of nitrogens with zero attached hydrogens (tertiary/aromatic N) is 2. The van der Waals surface area contributed by atoms with Crippen LogP contribution in [0.3, 0.4) is 0 Å². The van der Waals surface area contributed by atoms with Crippen molar-refractivity contribution < 1.29 is 14.3 Å². The minimum Gasteiger partial charge on any atom is -0.377 e. The first kappa shape index (κ1) is 15.7. The number of carbonyl (C=O) groups excluding carboxylic acids is 1. The Morgan fingerprint density at radius 3 is 2.48 bits per heavy atom. The zero-order chi connectivity index (χ0) is 15.4. The molecule has 0 saturated carbocycles. The SMILES string of the molecule is CCc1cc(C(=O)N2CC(OC)C(OC)C2)cc(NN)n1. The number of nitrogens with two attached hydrogens (primary N) is 1. The number of pyridine rings is 1. The molecule has 2 rings (SSSR count). The van der Waals surface area contributed by atoms with E-state index in [-0.39, 0.29) is 18.1 Å². The fourth-order valence-electron chi connectivity index (χ4n) is 2.51. The molecule has 1 fully saturated rings. The Balaban J connectivity index is 2.20. The molecule has 116 valence electrons. The molecule has 1 amide bonds. The molecule has 0 aromatic carbocycles. The van der Waals surface area contributed by atoms with Gasteiger partial charge in [0.2, 0.25) is 0 Å². The van der Waals surface area contributed by atoms with Crippen LogP contribution in [0.1, 0.15) is 23.0 Å². The Kier molecular flexibility index (Phi) is 5.11. The van der Waals surface area contributed by atoms with E-state index in [4.69, 9.17) is 15.3 Å². The maximum absolute atomic E-state index is 12.6. The number of hydrogen-bond acceptors (Lipinski definition) is 6. The summed E-state index contributed by atoms with van der Waals surface area (Å²) >= 11 is 0. The van der Waals surface area contributed by atoms with Crippen LogP contribution in [0, 0.1) is 0 Å². The number of hydrazine groups is 1. The van der Waals surface area contributed by atoms with Gasteiger partial charge in [0.1, 0.15) is 18.0 Å². The predicted molar refractivity (Wildman–Crippen MR) is 78.9 cm³/mol. The Bertz CT molecular complexity index is 475. The quantitative estimate of drug-likeness (QED) is 0.604. The molecule has 0 bridgehead atoms. The van der Waals surface area contributed by atoms with E-state index in [0.717, 1.165) is 12.1 Å². The van der Waals surface area contributed by atoms with Crippen LogP contribution < -0.4 is 11.3 Å². The molecule has 21 heavy (non-hydrogen) atoms. The highest BCUT2D eigenvalue weighted by molar-refractivity contribution is 5.95. The minimum atomic E-state index is -0.0986. The van der Waals surface area contributed by atoms with E-state index in [1.807, 2.05) is 6.92 Å². The number of nitrogen functional groups attached to an aromatic ring is 1. The Labute approximate surface area is 124 Å². The number of amides is 1. The summed E-state index contributed by atoms with van der Waals surface area (Å²) in [5.41, 5.74) is 3.89. The van der Waals surface area contributed by atoms with Crippen molar-refractivity contribution >= 4 is 11.7 Å². The Hall–Kier alpha value is -1.70. The van der Waals surface area contributed by atoms with Gasteiger partial charge >= 0.3 is 0 Å². The third-order valence-corrected chi connectivity index (χ3v) is 3.74. The normalized spacial score (nSPS) is 21.6. The predicted octanol–water partition coefficient (Wildman–Crippen LogP) is 0.415. The topological polar surface area (TPSA) is 89.7 Å². The van der Waals surface area contributed by atoms with Crippen molar-refractivity contribution in [3.63, 3.8) is 0 Å². The molecule has 2 unspecified atom stereocenters. The summed E-state index contributed by atoms with van der Waals surface area (Å²) in [6.07, 6.45) is 0.536. The van der Waals surface area contributed by atoms with Gasteiger partial charge in [0.25, 0.3) is 5.91 Å². The Morgan fingerprint density at radius 2 is 2.00 bits per heavy atom. The molecule has 1 aliphatic heterocycles. The van der Waals surface area contributed by atoms with Gasteiger partial charge in [0, 0.05) is 38.6 Å². The van der Waals surface area contributed by atoms with Crippen LogP contribution in [0.25, 0.3) is 0 Å². The molecule has 0 radical (unpaired) electrons. The van der Waals surface area contributed by atoms with E-state index >= 15 is 0 Å². The van der Waals surface area contributed by atoms with Crippen molar-refractivity contribution in [1.82, 2.24) is 9.88 Å². The molecule has 7 nitrogen and oxygen atoms in total. The number of aryl methyl sites for hydroxylation is 1. The van der Waals surface area contributed by atoms with Crippen molar-refractivity contribution in [2.24, 2.45) is 5.84 Å². The van der Waals surface area contributed by atoms with Gasteiger partial charge in [0.05, 0.1) is 0 Å². The minimum absolute atomic E-state index is 0.0646. The summed E-state index contributed by atoms with van der Waals surface area (Å²) in [6, 6.07) is 3.45. The van der Waals surface area contributed by atoms with Crippen LogP contribution in [0.5, 0.6) is 0 Å². The first-order valence-electron chi connectivity index (χ1n) is 6.95. The molecule has 0 aliphatic carbocycles. The number of nitrogens with one attached hydrogen (secondary N) is 1. The van der Waals surface area contributed by atoms with Crippen LogP contribution in [-0.4, -0.2) is 55.3 Å². The third-order valence-electron chi connectivity index (χ3n) is 3.74. The maximum atomic E-state index is 12.6. The number of likely N-dealkylation sites (tertiary alicyclic amines) is 1. The van der Waals surface area contributed by atoms with Gasteiger partial charge in [-0.3, -0.25) is 4.79 Å². The van der Waals surface area contributed by atoms with Gasteiger partial charge in [-0.1, -0.05) is 6.92 Å².